The second kappa shape index (κ2) is 6.09. The second-order valence-electron chi connectivity index (χ2n) is 4.89. The summed E-state index contributed by atoms with van der Waals surface area (Å²) in [5.41, 5.74) is 0.868. The molecule has 6 heteroatoms. The van der Waals surface area contributed by atoms with Crippen LogP contribution >= 0.6 is 0 Å². The van der Waals surface area contributed by atoms with Gasteiger partial charge in [0.15, 0.2) is 0 Å². The van der Waals surface area contributed by atoms with Crippen LogP contribution in [0, 0.1) is 5.92 Å². The SMILES string of the molecule is CS(=O)(=O)Nc1ccccc1NC(=O)[C@@H]1CC=CCC1. The number of benzene rings is 1. The second-order valence-corrected chi connectivity index (χ2v) is 6.64. The molecule has 0 unspecified atom stereocenters. The molecule has 0 saturated heterocycles. The highest BCUT2D eigenvalue weighted by atomic mass is 32.2. The van der Waals surface area contributed by atoms with Crippen LogP contribution in [-0.2, 0) is 14.8 Å². The maximum absolute atomic E-state index is 12.2. The van der Waals surface area contributed by atoms with E-state index in [1.165, 1.54) is 0 Å². The number of anilines is 2. The van der Waals surface area contributed by atoms with Crippen LogP contribution in [0.4, 0.5) is 11.4 Å². The van der Waals surface area contributed by atoms with Crippen molar-refractivity contribution in [1.82, 2.24) is 0 Å². The molecule has 0 fully saturated rings. The lowest BCUT2D eigenvalue weighted by Crippen LogP contribution is -2.24. The summed E-state index contributed by atoms with van der Waals surface area (Å²) in [5.74, 6) is -0.122. The molecule has 1 aromatic carbocycles. The van der Waals surface area contributed by atoms with E-state index >= 15 is 0 Å². The van der Waals surface area contributed by atoms with Crippen LogP contribution in [0.15, 0.2) is 36.4 Å². The molecular weight excluding hydrogens is 276 g/mol. The van der Waals surface area contributed by atoms with Crippen molar-refractivity contribution in [1.29, 1.82) is 0 Å². The van der Waals surface area contributed by atoms with Gasteiger partial charge in [-0.2, -0.15) is 0 Å². The van der Waals surface area contributed by atoms with E-state index < -0.39 is 10.0 Å². The minimum absolute atomic E-state index is 0.0497. The fourth-order valence-electron chi connectivity index (χ4n) is 2.15. The Kier molecular flexibility index (Phi) is 4.44. The lowest BCUT2D eigenvalue weighted by atomic mass is 9.93. The number of allylic oxidation sites excluding steroid dienone is 2. The highest BCUT2D eigenvalue weighted by molar-refractivity contribution is 7.92. The zero-order valence-electron chi connectivity index (χ0n) is 11.3. The molecule has 1 amide bonds. The van der Waals surface area contributed by atoms with Crippen molar-refractivity contribution in [2.75, 3.05) is 16.3 Å². The highest BCUT2D eigenvalue weighted by Gasteiger charge is 2.19. The van der Waals surface area contributed by atoms with E-state index in [1.807, 2.05) is 6.08 Å². The first-order valence-electron chi connectivity index (χ1n) is 6.48. The summed E-state index contributed by atoms with van der Waals surface area (Å²) in [5, 5.41) is 2.80. The Balaban J connectivity index is 2.12. The van der Waals surface area contributed by atoms with Gasteiger partial charge in [-0.25, -0.2) is 8.42 Å². The molecule has 108 valence electrons. The van der Waals surface area contributed by atoms with E-state index in [9.17, 15) is 13.2 Å². The zero-order valence-corrected chi connectivity index (χ0v) is 12.1. The van der Waals surface area contributed by atoms with Crippen LogP contribution in [0.25, 0.3) is 0 Å². The first kappa shape index (κ1) is 14.6. The van der Waals surface area contributed by atoms with E-state index in [4.69, 9.17) is 0 Å². The monoisotopic (exact) mass is 294 g/mol. The van der Waals surface area contributed by atoms with Crippen LogP contribution in [-0.4, -0.2) is 20.6 Å². The van der Waals surface area contributed by atoms with Gasteiger partial charge in [0, 0.05) is 5.92 Å². The van der Waals surface area contributed by atoms with Gasteiger partial charge in [0.25, 0.3) is 0 Å². The Labute approximate surface area is 119 Å². The average Bonchev–Trinajstić information content (AvgIpc) is 2.40. The van der Waals surface area contributed by atoms with Gasteiger partial charge in [-0.15, -0.1) is 0 Å². The van der Waals surface area contributed by atoms with Crippen molar-refractivity contribution in [3.05, 3.63) is 36.4 Å². The van der Waals surface area contributed by atoms with Crippen LogP contribution < -0.4 is 10.0 Å². The fraction of sp³-hybridized carbons (Fsp3) is 0.357. The van der Waals surface area contributed by atoms with Gasteiger partial charge in [0.1, 0.15) is 0 Å². The normalized spacial score (nSPS) is 18.6. The summed E-state index contributed by atoms with van der Waals surface area (Å²) in [4.78, 5) is 12.2. The lowest BCUT2D eigenvalue weighted by Gasteiger charge is -2.18. The summed E-state index contributed by atoms with van der Waals surface area (Å²) >= 11 is 0. The van der Waals surface area contributed by atoms with Crippen LogP contribution in [0.5, 0.6) is 0 Å². The minimum atomic E-state index is -3.37. The van der Waals surface area contributed by atoms with E-state index in [0.717, 1.165) is 25.5 Å². The van der Waals surface area contributed by atoms with Crippen molar-refractivity contribution in [2.24, 2.45) is 5.92 Å². The fourth-order valence-corrected chi connectivity index (χ4v) is 2.72. The van der Waals surface area contributed by atoms with Crippen molar-refractivity contribution < 1.29 is 13.2 Å². The van der Waals surface area contributed by atoms with Crippen molar-refractivity contribution in [3.63, 3.8) is 0 Å². The number of hydrogen-bond donors (Lipinski definition) is 2. The van der Waals surface area contributed by atoms with E-state index in [0.29, 0.717) is 11.4 Å². The topological polar surface area (TPSA) is 75.3 Å². The van der Waals surface area contributed by atoms with Crippen LogP contribution in [0.1, 0.15) is 19.3 Å². The van der Waals surface area contributed by atoms with Gasteiger partial charge in [0.2, 0.25) is 15.9 Å². The van der Waals surface area contributed by atoms with Gasteiger partial charge >= 0.3 is 0 Å². The van der Waals surface area contributed by atoms with Gasteiger partial charge in [0.05, 0.1) is 17.6 Å². The molecule has 0 aromatic heterocycles. The molecule has 2 N–H and O–H groups in total. The third-order valence-corrected chi connectivity index (χ3v) is 3.71. The molecule has 20 heavy (non-hydrogen) atoms. The van der Waals surface area contributed by atoms with Gasteiger partial charge in [-0.05, 0) is 31.4 Å². The number of carbonyl (C=O) groups excluding carboxylic acids is 1. The Morgan fingerprint density at radius 3 is 2.50 bits per heavy atom. The number of carbonyl (C=O) groups is 1. The Hall–Kier alpha value is -1.82. The Morgan fingerprint density at radius 2 is 1.90 bits per heavy atom. The molecule has 0 radical (unpaired) electrons. The molecule has 0 spiro atoms. The molecular formula is C14H18N2O3S. The van der Waals surface area contributed by atoms with Crippen molar-refractivity contribution in [3.8, 4) is 0 Å². The number of nitrogens with one attached hydrogen (secondary N) is 2. The maximum Gasteiger partial charge on any atom is 0.229 e. The van der Waals surface area contributed by atoms with E-state index in [1.54, 1.807) is 24.3 Å². The van der Waals surface area contributed by atoms with E-state index in [-0.39, 0.29) is 11.8 Å². The third kappa shape index (κ3) is 4.09. The van der Waals surface area contributed by atoms with E-state index in [2.05, 4.69) is 16.1 Å². The summed E-state index contributed by atoms with van der Waals surface area (Å²) in [6.45, 7) is 0. The average molecular weight is 294 g/mol. The molecule has 0 bridgehead atoms. The zero-order chi connectivity index (χ0) is 14.6. The molecule has 0 aliphatic heterocycles. The molecule has 1 atom stereocenters. The van der Waals surface area contributed by atoms with Gasteiger partial charge in [-0.3, -0.25) is 9.52 Å². The first-order valence-corrected chi connectivity index (χ1v) is 8.37. The molecule has 1 aromatic rings. The largest absolute Gasteiger partial charge is 0.324 e. The minimum Gasteiger partial charge on any atom is -0.324 e. The molecule has 0 heterocycles. The predicted molar refractivity (Wildman–Crippen MR) is 80.0 cm³/mol. The van der Waals surface area contributed by atoms with Crippen LogP contribution in [0.3, 0.4) is 0 Å². The smallest absolute Gasteiger partial charge is 0.229 e. The number of amides is 1. The van der Waals surface area contributed by atoms with Crippen molar-refractivity contribution in [2.45, 2.75) is 19.3 Å². The molecule has 1 aliphatic rings. The van der Waals surface area contributed by atoms with Gasteiger partial charge in [-0.1, -0.05) is 24.3 Å². The summed E-state index contributed by atoms with van der Waals surface area (Å²) in [6, 6.07) is 6.78. The first-order chi connectivity index (χ1) is 9.46. The molecule has 0 saturated carbocycles. The maximum atomic E-state index is 12.2. The Morgan fingerprint density at radius 1 is 1.20 bits per heavy atom. The third-order valence-electron chi connectivity index (χ3n) is 3.12. The predicted octanol–water partition coefficient (Wildman–Crippen LogP) is 2.35. The lowest BCUT2D eigenvalue weighted by molar-refractivity contribution is -0.120. The molecule has 5 nitrogen and oxygen atoms in total. The summed E-state index contributed by atoms with van der Waals surface area (Å²) < 4.78 is 25.0. The number of hydrogen-bond acceptors (Lipinski definition) is 3. The Bertz CT molecular complexity index is 623. The molecule has 1 aliphatic carbocycles. The number of para-hydroxylation sites is 2. The van der Waals surface area contributed by atoms with Gasteiger partial charge < -0.3 is 5.32 Å². The number of sulfonamides is 1. The van der Waals surface area contributed by atoms with Crippen molar-refractivity contribution >= 4 is 27.3 Å². The van der Waals surface area contributed by atoms with Crippen LogP contribution in [0.2, 0.25) is 0 Å². The quantitative estimate of drug-likeness (QED) is 0.837. The summed E-state index contributed by atoms with van der Waals surface area (Å²) in [7, 11) is -3.37. The summed E-state index contributed by atoms with van der Waals surface area (Å²) in [6.07, 6.45) is 7.62. The highest BCUT2D eigenvalue weighted by Crippen LogP contribution is 2.25. The standard InChI is InChI=1S/C14H18N2O3S/c1-20(18,19)16-13-10-6-5-9-12(13)15-14(17)11-7-3-2-4-8-11/h2-3,5-6,9-11,16H,4,7-8H2,1H3,(H,15,17)/t11-/m1/s1. The molecule has 2 rings (SSSR count). The number of rotatable bonds is 4.